The summed E-state index contributed by atoms with van der Waals surface area (Å²) in [5.74, 6) is 0.527. The molecule has 1 saturated heterocycles. The van der Waals surface area contributed by atoms with Crippen molar-refractivity contribution < 1.29 is 28.6 Å². The van der Waals surface area contributed by atoms with E-state index < -0.39 is 17.7 Å². The summed E-state index contributed by atoms with van der Waals surface area (Å²) in [4.78, 5) is 28.1. The highest BCUT2D eigenvalue weighted by Crippen LogP contribution is 2.41. The Morgan fingerprint density at radius 3 is 2.44 bits per heavy atom. The van der Waals surface area contributed by atoms with E-state index in [0.717, 1.165) is 12.8 Å². The molecule has 7 nitrogen and oxygen atoms in total. The zero-order chi connectivity index (χ0) is 27.2. The molecule has 1 amide bonds. The number of aliphatic hydroxyl groups is 1. The largest absolute Gasteiger partial charge is 0.507 e. The quantitative estimate of drug-likeness (QED) is 0.106. The number of carbonyl (C=O) groups is 2. The number of benzene rings is 3. The predicted molar refractivity (Wildman–Crippen MR) is 146 cm³/mol. The Bertz CT molecular complexity index is 1480. The molecule has 2 heterocycles. The van der Waals surface area contributed by atoms with E-state index in [1.54, 1.807) is 60.7 Å². The van der Waals surface area contributed by atoms with E-state index in [-0.39, 0.29) is 17.9 Å². The maximum Gasteiger partial charge on any atom is 0.296 e. The monoisotopic (exact) mass is 523 g/mol. The maximum atomic E-state index is 13.4. The van der Waals surface area contributed by atoms with Gasteiger partial charge in [-0.2, -0.15) is 0 Å². The molecule has 1 N–H and O–H groups in total. The van der Waals surface area contributed by atoms with Crippen molar-refractivity contribution in [2.75, 3.05) is 6.61 Å². The van der Waals surface area contributed by atoms with Gasteiger partial charge in [0.05, 0.1) is 31.0 Å². The molecule has 198 valence electrons. The fraction of sp³-hybridized carbons (Fsp3) is 0.188. The van der Waals surface area contributed by atoms with E-state index in [9.17, 15) is 14.7 Å². The highest BCUT2D eigenvalue weighted by atomic mass is 16.5. The lowest BCUT2D eigenvalue weighted by Crippen LogP contribution is -2.29. The van der Waals surface area contributed by atoms with Gasteiger partial charge in [0.15, 0.2) is 0 Å². The number of unbranched alkanes of at least 4 members (excludes halogenated alkanes) is 1. The van der Waals surface area contributed by atoms with Gasteiger partial charge in [-0.25, -0.2) is 0 Å². The van der Waals surface area contributed by atoms with Crippen LogP contribution in [0, 0.1) is 0 Å². The van der Waals surface area contributed by atoms with Crippen molar-refractivity contribution in [2.24, 2.45) is 0 Å². The van der Waals surface area contributed by atoms with E-state index in [1.165, 1.54) is 11.2 Å². The molecule has 1 aliphatic heterocycles. The number of rotatable bonds is 10. The number of ether oxygens (including phenoxy) is 2. The lowest BCUT2D eigenvalue weighted by atomic mass is 9.95. The first-order chi connectivity index (χ1) is 19.0. The van der Waals surface area contributed by atoms with Gasteiger partial charge in [-0.3, -0.25) is 9.59 Å². The van der Waals surface area contributed by atoms with Crippen LogP contribution in [0.15, 0.2) is 107 Å². The summed E-state index contributed by atoms with van der Waals surface area (Å²) in [5, 5.41) is 11.5. The maximum absolute atomic E-state index is 13.4. The third-order valence-corrected chi connectivity index (χ3v) is 6.47. The highest BCUT2D eigenvalue weighted by molar-refractivity contribution is 6.46. The number of likely N-dealkylation sites (tertiary alicyclic amines) is 1. The van der Waals surface area contributed by atoms with Crippen LogP contribution in [0.1, 0.15) is 42.7 Å². The van der Waals surface area contributed by atoms with Gasteiger partial charge in [-0.1, -0.05) is 55.8 Å². The number of carbonyl (C=O) groups excluding carboxylic acids is 2. The minimum atomic E-state index is -0.862. The molecule has 1 fully saturated rings. The number of furan rings is 1. The summed E-state index contributed by atoms with van der Waals surface area (Å²) >= 11 is 0. The zero-order valence-electron chi connectivity index (χ0n) is 21.6. The number of Topliss-reactive ketones (excluding diaryl/α,β-unsaturated/α-hetero) is 1. The molecule has 39 heavy (non-hydrogen) atoms. The Kier molecular flexibility index (Phi) is 7.78. The minimum Gasteiger partial charge on any atom is -0.507 e. The van der Waals surface area contributed by atoms with Crippen molar-refractivity contribution in [1.82, 2.24) is 4.90 Å². The van der Waals surface area contributed by atoms with Crippen LogP contribution in [-0.4, -0.2) is 28.3 Å². The first-order valence-corrected chi connectivity index (χ1v) is 12.9. The minimum absolute atomic E-state index is 0.00544. The lowest BCUT2D eigenvalue weighted by molar-refractivity contribution is -0.140. The second-order valence-corrected chi connectivity index (χ2v) is 9.22. The third-order valence-electron chi connectivity index (χ3n) is 6.47. The van der Waals surface area contributed by atoms with Gasteiger partial charge >= 0.3 is 0 Å². The van der Waals surface area contributed by atoms with Gasteiger partial charge in [0, 0.05) is 5.56 Å². The van der Waals surface area contributed by atoms with E-state index in [2.05, 4.69) is 6.92 Å². The highest BCUT2D eigenvalue weighted by Gasteiger charge is 2.46. The fourth-order valence-electron chi connectivity index (χ4n) is 4.56. The van der Waals surface area contributed by atoms with Gasteiger partial charge < -0.3 is 23.9 Å². The number of hydrogen-bond acceptors (Lipinski definition) is 6. The Balaban J connectivity index is 1.57. The SMILES string of the molecule is CCCCOc1cccc(C(O)=C2C(=O)C(=O)N(Cc3ccco3)C2c2cccc(Oc3ccccc3)c2)c1. The van der Waals surface area contributed by atoms with Gasteiger partial charge in [-0.05, 0) is 60.5 Å². The van der Waals surface area contributed by atoms with Crippen molar-refractivity contribution in [1.29, 1.82) is 0 Å². The smallest absolute Gasteiger partial charge is 0.296 e. The molecule has 1 aromatic heterocycles. The first-order valence-electron chi connectivity index (χ1n) is 12.9. The van der Waals surface area contributed by atoms with Crippen LogP contribution in [0.5, 0.6) is 17.2 Å². The number of ketones is 1. The molecule has 5 rings (SSSR count). The van der Waals surface area contributed by atoms with Crippen LogP contribution in [-0.2, 0) is 16.1 Å². The summed E-state index contributed by atoms with van der Waals surface area (Å²) in [6.07, 6.45) is 3.40. The Hall–Kier alpha value is -4.78. The van der Waals surface area contributed by atoms with Gasteiger partial charge in [0.1, 0.15) is 28.8 Å². The molecule has 4 aromatic rings. The van der Waals surface area contributed by atoms with E-state index in [4.69, 9.17) is 13.9 Å². The molecule has 0 bridgehead atoms. The summed E-state index contributed by atoms with van der Waals surface area (Å²) in [5.41, 5.74) is 1.00. The molecule has 1 aliphatic rings. The Labute approximate surface area is 226 Å². The average Bonchev–Trinajstić information content (AvgIpc) is 3.56. The van der Waals surface area contributed by atoms with E-state index in [1.807, 2.05) is 30.3 Å². The zero-order valence-corrected chi connectivity index (χ0v) is 21.6. The van der Waals surface area contributed by atoms with Crippen LogP contribution < -0.4 is 9.47 Å². The molecule has 1 atom stereocenters. The summed E-state index contributed by atoms with van der Waals surface area (Å²) < 4.78 is 17.3. The van der Waals surface area contributed by atoms with Crippen LogP contribution in [0.3, 0.4) is 0 Å². The van der Waals surface area contributed by atoms with E-state index in [0.29, 0.717) is 40.7 Å². The molecule has 0 saturated carbocycles. The van der Waals surface area contributed by atoms with Crippen LogP contribution >= 0.6 is 0 Å². The summed E-state index contributed by atoms with van der Waals surface area (Å²) in [6.45, 7) is 2.68. The number of nitrogens with zero attached hydrogens (tertiary/aromatic N) is 1. The number of hydrogen-bond donors (Lipinski definition) is 1. The standard InChI is InChI=1S/C32H29NO6/c1-2-3-17-37-25-14-8-11-23(20-25)30(34)28-29(33(32(36)31(28)35)21-27-16-9-18-38-27)22-10-7-15-26(19-22)39-24-12-5-4-6-13-24/h4-16,18-20,29,34H,2-3,17,21H2,1H3. The summed E-state index contributed by atoms with van der Waals surface area (Å²) in [7, 11) is 0. The van der Waals surface area contributed by atoms with Crippen molar-refractivity contribution in [3.05, 3.63) is 120 Å². The topological polar surface area (TPSA) is 89.2 Å². The molecule has 0 aliphatic carbocycles. The molecule has 0 radical (unpaired) electrons. The third kappa shape index (κ3) is 5.72. The lowest BCUT2D eigenvalue weighted by Gasteiger charge is -2.25. The van der Waals surface area contributed by atoms with Crippen molar-refractivity contribution >= 4 is 17.4 Å². The average molecular weight is 524 g/mol. The van der Waals surface area contributed by atoms with Gasteiger partial charge in [0.2, 0.25) is 0 Å². The predicted octanol–water partition coefficient (Wildman–Crippen LogP) is 6.87. The van der Waals surface area contributed by atoms with Crippen LogP contribution in [0.25, 0.3) is 5.76 Å². The molecule has 0 spiro atoms. The molecule has 1 unspecified atom stereocenters. The van der Waals surface area contributed by atoms with Gasteiger partial charge in [-0.15, -0.1) is 0 Å². The van der Waals surface area contributed by atoms with Crippen molar-refractivity contribution in [3.8, 4) is 17.2 Å². The second-order valence-electron chi connectivity index (χ2n) is 9.22. The molecular weight excluding hydrogens is 494 g/mol. The first kappa shape index (κ1) is 25.9. The molecule has 7 heteroatoms. The molecular formula is C32H29NO6. The fourth-order valence-corrected chi connectivity index (χ4v) is 4.56. The molecule has 3 aromatic carbocycles. The Morgan fingerprint density at radius 1 is 0.897 bits per heavy atom. The van der Waals surface area contributed by atoms with Crippen molar-refractivity contribution in [3.63, 3.8) is 0 Å². The number of amides is 1. The second kappa shape index (κ2) is 11.7. The number of para-hydroxylation sites is 1. The van der Waals surface area contributed by atoms with Crippen LogP contribution in [0.4, 0.5) is 0 Å². The normalized spacial score (nSPS) is 16.4. The Morgan fingerprint density at radius 2 is 1.67 bits per heavy atom. The van der Waals surface area contributed by atoms with Crippen LogP contribution in [0.2, 0.25) is 0 Å². The summed E-state index contributed by atoms with van der Waals surface area (Å²) in [6, 6.07) is 26.0. The van der Waals surface area contributed by atoms with Gasteiger partial charge in [0.25, 0.3) is 11.7 Å². The van der Waals surface area contributed by atoms with E-state index >= 15 is 0 Å². The number of aliphatic hydroxyl groups excluding tert-OH is 1. The van der Waals surface area contributed by atoms with Crippen molar-refractivity contribution in [2.45, 2.75) is 32.4 Å².